The van der Waals surface area contributed by atoms with E-state index in [1.807, 2.05) is 6.07 Å². The number of imidazole rings is 1. The summed E-state index contributed by atoms with van der Waals surface area (Å²) in [6, 6.07) is 6.01. The summed E-state index contributed by atoms with van der Waals surface area (Å²) in [7, 11) is 0. The van der Waals surface area contributed by atoms with Crippen LogP contribution in [0.1, 0.15) is 13.3 Å². The summed E-state index contributed by atoms with van der Waals surface area (Å²) in [4.78, 5) is 13.1. The molecule has 0 radical (unpaired) electrons. The van der Waals surface area contributed by atoms with Crippen LogP contribution >= 0.6 is 0 Å². The zero-order valence-corrected chi connectivity index (χ0v) is 12.4. The Labute approximate surface area is 128 Å². The minimum absolute atomic E-state index is 0.718. The van der Waals surface area contributed by atoms with E-state index < -0.39 is 0 Å². The van der Waals surface area contributed by atoms with Gasteiger partial charge in [0.15, 0.2) is 5.82 Å². The average molecular weight is 295 g/mol. The van der Waals surface area contributed by atoms with E-state index in [2.05, 4.69) is 38.9 Å². The average Bonchev–Trinajstić information content (AvgIpc) is 2.77. The number of aryl methyl sites for hydroxylation is 1. The minimum atomic E-state index is 0.718. The van der Waals surface area contributed by atoms with Gasteiger partial charge < -0.3 is 14.6 Å². The van der Waals surface area contributed by atoms with E-state index in [1.54, 1.807) is 12.5 Å². The smallest absolute Gasteiger partial charge is 0.160 e. The summed E-state index contributed by atoms with van der Waals surface area (Å²) in [6.45, 7) is 4.54. The Balaban J connectivity index is 1.97. The van der Waals surface area contributed by atoms with Gasteiger partial charge in [0.25, 0.3) is 0 Å². The number of aromatic nitrogens is 4. The van der Waals surface area contributed by atoms with Gasteiger partial charge in [-0.15, -0.1) is 0 Å². The first-order chi connectivity index (χ1) is 10.9. The normalized spacial score (nSPS) is 13.7. The zero-order chi connectivity index (χ0) is 14.9. The highest BCUT2D eigenvalue weighted by Crippen LogP contribution is 2.35. The second-order valence-electron chi connectivity index (χ2n) is 5.26. The maximum atomic E-state index is 5.92. The Kier molecular flexibility index (Phi) is 3.14. The molecule has 3 heterocycles. The van der Waals surface area contributed by atoms with Crippen LogP contribution < -0.4 is 10.1 Å². The monoisotopic (exact) mass is 295 g/mol. The SMILES string of the molecule is CCNc1cc2c3c(c1)nc(-c1ccncn1)n3CCCO2. The van der Waals surface area contributed by atoms with Gasteiger partial charge in [-0.2, -0.15) is 0 Å². The summed E-state index contributed by atoms with van der Waals surface area (Å²) in [5, 5.41) is 3.33. The molecule has 3 aromatic rings. The number of hydrogen-bond acceptors (Lipinski definition) is 5. The highest BCUT2D eigenvalue weighted by atomic mass is 16.5. The number of rotatable bonds is 3. The maximum Gasteiger partial charge on any atom is 0.160 e. The van der Waals surface area contributed by atoms with Crippen LogP contribution in [0.2, 0.25) is 0 Å². The Bertz CT molecular complexity index is 812. The highest BCUT2D eigenvalue weighted by molar-refractivity contribution is 5.89. The summed E-state index contributed by atoms with van der Waals surface area (Å²) in [5.41, 5.74) is 3.85. The quantitative estimate of drug-likeness (QED) is 0.805. The van der Waals surface area contributed by atoms with Gasteiger partial charge in [-0.05, 0) is 25.5 Å². The molecule has 22 heavy (non-hydrogen) atoms. The van der Waals surface area contributed by atoms with E-state index in [0.717, 1.165) is 60.1 Å². The van der Waals surface area contributed by atoms with E-state index in [1.165, 1.54) is 0 Å². The lowest BCUT2D eigenvalue weighted by Crippen LogP contribution is -2.02. The van der Waals surface area contributed by atoms with Crippen molar-refractivity contribution in [1.29, 1.82) is 0 Å². The Morgan fingerprint density at radius 3 is 3.14 bits per heavy atom. The van der Waals surface area contributed by atoms with E-state index in [9.17, 15) is 0 Å². The highest BCUT2D eigenvalue weighted by Gasteiger charge is 2.20. The van der Waals surface area contributed by atoms with E-state index >= 15 is 0 Å². The molecule has 1 aromatic carbocycles. The first-order valence-electron chi connectivity index (χ1n) is 7.54. The molecule has 1 aliphatic heterocycles. The molecule has 112 valence electrons. The second-order valence-corrected chi connectivity index (χ2v) is 5.26. The van der Waals surface area contributed by atoms with Gasteiger partial charge in [0.05, 0.1) is 12.1 Å². The largest absolute Gasteiger partial charge is 0.491 e. The van der Waals surface area contributed by atoms with Gasteiger partial charge >= 0.3 is 0 Å². The molecule has 4 rings (SSSR count). The van der Waals surface area contributed by atoms with Crippen LogP contribution in [-0.4, -0.2) is 32.7 Å². The number of anilines is 1. The van der Waals surface area contributed by atoms with Gasteiger partial charge in [-0.25, -0.2) is 15.0 Å². The Morgan fingerprint density at radius 1 is 1.36 bits per heavy atom. The fourth-order valence-electron chi connectivity index (χ4n) is 2.89. The Hall–Kier alpha value is -2.63. The topological polar surface area (TPSA) is 64.9 Å². The van der Waals surface area contributed by atoms with Gasteiger partial charge in [0, 0.05) is 31.0 Å². The zero-order valence-electron chi connectivity index (χ0n) is 12.4. The van der Waals surface area contributed by atoms with Crippen molar-refractivity contribution in [3.05, 3.63) is 30.7 Å². The van der Waals surface area contributed by atoms with Crippen molar-refractivity contribution < 1.29 is 4.74 Å². The standard InChI is InChI=1S/C16H17N5O/c1-2-18-11-8-13-15-14(9-11)22-7-3-6-21(15)16(20-13)12-4-5-17-10-19-12/h4-5,8-10,18H,2-3,6-7H2,1H3. The molecule has 0 aliphatic carbocycles. The van der Waals surface area contributed by atoms with Crippen LogP contribution in [0, 0.1) is 0 Å². The summed E-state index contributed by atoms with van der Waals surface area (Å²) in [6.07, 6.45) is 4.25. The molecule has 0 unspecified atom stereocenters. The molecule has 6 heteroatoms. The predicted octanol–water partition coefficient (Wildman–Crippen LogP) is 2.71. The molecule has 0 fully saturated rings. The van der Waals surface area contributed by atoms with E-state index in [4.69, 9.17) is 9.72 Å². The molecular formula is C16H17N5O. The van der Waals surface area contributed by atoms with Crippen LogP contribution in [-0.2, 0) is 6.54 Å². The molecule has 0 bridgehead atoms. The van der Waals surface area contributed by atoms with Crippen molar-refractivity contribution in [3.8, 4) is 17.3 Å². The lowest BCUT2D eigenvalue weighted by Gasteiger charge is -2.08. The van der Waals surface area contributed by atoms with E-state index in [0.29, 0.717) is 0 Å². The third-order valence-electron chi connectivity index (χ3n) is 3.78. The third-order valence-corrected chi connectivity index (χ3v) is 3.78. The van der Waals surface area contributed by atoms with Crippen molar-refractivity contribution in [2.45, 2.75) is 19.9 Å². The summed E-state index contributed by atoms with van der Waals surface area (Å²) in [5.74, 6) is 1.76. The number of hydrogen-bond donors (Lipinski definition) is 1. The van der Waals surface area contributed by atoms with E-state index in [-0.39, 0.29) is 0 Å². The van der Waals surface area contributed by atoms with Crippen LogP contribution in [0.3, 0.4) is 0 Å². The Morgan fingerprint density at radius 2 is 2.32 bits per heavy atom. The minimum Gasteiger partial charge on any atom is -0.491 e. The first-order valence-corrected chi connectivity index (χ1v) is 7.54. The molecule has 0 amide bonds. The molecular weight excluding hydrogens is 278 g/mol. The second kappa shape index (κ2) is 5.29. The molecule has 1 N–H and O–H groups in total. The van der Waals surface area contributed by atoms with Crippen molar-refractivity contribution >= 4 is 16.7 Å². The first kappa shape index (κ1) is 13.1. The molecule has 0 spiro atoms. The molecule has 2 aromatic heterocycles. The maximum absolute atomic E-state index is 5.92. The van der Waals surface area contributed by atoms with Crippen molar-refractivity contribution in [2.75, 3.05) is 18.5 Å². The van der Waals surface area contributed by atoms with Crippen LogP contribution in [0.25, 0.3) is 22.6 Å². The van der Waals surface area contributed by atoms with Crippen LogP contribution in [0.15, 0.2) is 30.7 Å². The van der Waals surface area contributed by atoms with Crippen LogP contribution in [0.5, 0.6) is 5.75 Å². The lowest BCUT2D eigenvalue weighted by atomic mass is 10.2. The summed E-state index contributed by atoms with van der Waals surface area (Å²) >= 11 is 0. The molecule has 0 atom stereocenters. The number of nitrogens with zero attached hydrogens (tertiary/aromatic N) is 4. The number of benzene rings is 1. The number of ether oxygens (including phenoxy) is 1. The van der Waals surface area contributed by atoms with Crippen LogP contribution in [0.4, 0.5) is 5.69 Å². The van der Waals surface area contributed by atoms with Crippen molar-refractivity contribution in [2.24, 2.45) is 0 Å². The van der Waals surface area contributed by atoms with Gasteiger partial charge in [0.1, 0.15) is 23.3 Å². The molecule has 1 aliphatic rings. The molecule has 0 saturated heterocycles. The van der Waals surface area contributed by atoms with Gasteiger partial charge in [-0.3, -0.25) is 0 Å². The third kappa shape index (κ3) is 2.07. The van der Waals surface area contributed by atoms with Crippen molar-refractivity contribution in [1.82, 2.24) is 19.5 Å². The number of nitrogens with one attached hydrogen (secondary N) is 1. The fourth-order valence-corrected chi connectivity index (χ4v) is 2.89. The van der Waals surface area contributed by atoms with Gasteiger partial charge in [0.2, 0.25) is 0 Å². The lowest BCUT2D eigenvalue weighted by molar-refractivity contribution is 0.316. The molecule has 0 saturated carbocycles. The molecule has 6 nitrogen and oxygen atoms in total. The van der Waals surface area contributed by atoms with Gasteiger partial charge in [-0.1, -0.05) is 0 Å². The van der Waals surface area contributed by atoms with Crippen molar-refractivity contribution in [3.63, 3.8) is 0 Å². The fraction of sp³-hybridized carbons (Fsp3) is 0.312. The summed E-state index contributed by atoms with van der Waals surface area (Å²) < 4.78 is 8.13. The predicted molar refractivity (Wildman–Crippen MR) is 85.0 cm³/mol.